The van der Waals surface area contributed by atoms with E-state index in [0.717, 1.165) is 5.56 Å². The van der Waals surface area contributed by atoms with Crippen molar-refractivity contribution in [3.63, 3.8) is 0 Å². The van der Waals surface area contributed by atoms with Crippen LogP contribution in [0.3, 0.4) is 0 Å². The SMILES string of the molecule is CC(C)CN(CC(=O)Nc1nc(-c2ccc(Cl)cc2)cn1-c1cccc(Cl)c1)C(=O)c1ccc(F)cc1. The fourth-order valence-corrected chi connectivity index (χ4v) is 4.13. The summed E-state index contributed by atoms with van der Waals surface area (Å²) in [6, 6.07) is 19.6. The number of benzene rings is 3. The van der Waals surface area contributed by atoms with Crippen LogP contribution in [0.25, 0.3) is 16.9 Å². The smallest absolute Gasteiger partial charge is 0.254 e. The maximum Gasteiger partial charge on any atom is 0.254 e. The molecule has 4 aromatic rings. The summed E-state index contributed by atoms with van der Waals surface area (Å²) < 4.78 is 15.1. The molecule has 0 unspecified atom stereocenters. The highest BCUT2D eigenvalue weighted by Gasteiger charge is 2.22. The molecule has 190 valence electrons. The number of carbonyl (C=O) groups is 2. The van der Waals surface area contributed by atoms with Crippen molar-refractivity contribution in [2.24, 2.45) is 5.92 Å². The summed E-state index contributed by atoms with van der Waals surface area (Å²) in [5.41, 5.74) is 2.44. The minimum Gasteiger partial charge on any atom is -0.329 e. The fraction of sp³-hybridized carbons (Fsp3) is 0.179. The summed E-state index contributed by atoms with van der Waals surface area (Å²) in [7, 11) is 0. The first-order valence-corrected chi connectivity index (χ1v) is 12.4. The number of anilines is 1. The lowest BCUT2D eigenvalue weighted by Crippen LogP contribution is -2.40. The van der Waals surface area contributed by atoms with Crippen LogP contribution in [0.2, 0.25) is 10.0 Å². The van der Waals surface area contributed by atoms with Gasteiger partial charge >= 0.3 is 0 Å². The fourth-order valence-electron chi connectivity index (χ4n) is 3.82. The number of nitrogens with one attached hydrogen (secondary N) is 1. The van der Waals surface area contributed by atoms with E-state index < -0.39 is 11.7 Å². The van der Waals surface area contributed by atoms with E-state index in [2.05, 4.69) is 10.3 Å². The Bertz CT molecular complexity index is 1400. The first-order valence-electron chi connectivity index (χ1n) is 11.7. The maximum atomic E-state index is 13.3. The average Bonchev–Trinajstić information content (AvgIpc) is 3.27. The Morgan fingerprint density at radius 3 is 2.35 bits per heavy atom. The predicted octanol–water partition coefficient (Wildman–Crippen LogP) is 6.72. The highest BCUT2D eigenvalue weighted by atomic mass is 35.5. The van der Waals surface area contributed by atoms with E-state index in [-0.39, 0.29) is 24.3 Å². The summed E-state index contributed by atoms with van der Waals surface area (Å²) in [4.78, 5) is 32.4. The van der Waals surface area contributed by atoms with Gasteiger partial charge in [0.2, 0.25) is 11.9 Å². The standard InChI is InChI=1S/C28H25Cl2FN4O2/c1-18(2)15-34(27(37)20-8-12-23(31)13-9-20)17-26(36)33-28-32-25(19-6-10-21(29)11-7-19)16-35(28)24-5-3-4-22(30)14-24/h3-14,16,18H,15,17H2,1-2H3,(H,32,33,36). The third-order valence-electron chi connectivity index (χ3n) is 5.48. The van der Waals surface area contributed by atoms with Gasteiger partial charge in [0, 0.05) is 39.6 Å². The molecule has 0 aliphatic rings. The molecule has 0 fully saturated rings. The maximum absolute atomic E-state index is 13.3. The van der Waals surface area contributed by atoms with Gasteiger partial charge in [0.1, 0.15) is 12.4 Å². The molecule has 0 saturated heterocycles. The van der Waals surface area contributed by atoms with Gasteiger partial charge in [-0.1, -0.05) is 55.2 Å². The second kappa shape index (κ2) is 11.6. The van der Waals surface area contributed by atoms with Crippen molar-refractivity contribution < 1.29 is 14.0 Å². The second-order valence-electron chi connectivity index (χ2n) is 8.94. The molecule has 0 bridgehead atoms. The van der Waals surface area contributed by atoms with Gasteiger partial charge in [0.05, 0.1) is 5.69 Å². The number of nitrogens with zero attached hydrogens (tertiary/aromatic N) is 3. The van der Waals surface area contributed by atoms with Gasteiger partial charge in [-0.2, -0.15) is 0 Å². The number of amides is 2. The van der Waals surface area contributed by atoms with E-state index in [4.69, 9.17) is 23.2 Å². The summed E-state index contributed by atoms with van der Waals surface area (Å²) >= 11 is 12.2. The van der Waals surface area contributed by atoms with E-state index in [1.165, 1.54) is 29.2 Å². The van der Waals surface area contributed by atoms with Crippen molar-refractivity contribution >= 4 is 41.0 Å². The Morgan fingerprint density at radius 2 is 1.70 bits per heavy atom. The normalized spacial score (nSPS) is 11.0. The molecule has 4 rings (SSSR count). The molecule has 0 spiro atoms. The van der Waals surface area contributed by atoms with Crippen LogP contribution in [0.1, 0.15) is 24.2 Å². The third kappa shape index (κ3) is 6.76. The van der Waals surface area contributed by atoms with Crippen molar-refractivity contribution in [1.29, 1.82) is 0 Å². The lowest BCUT2D eigenvalue weighted by molar-refractivity contribution is -0.117. The van der Waals surface area contributed by atoms with Gasteiger partial charge in [-0.25, -0.2) is 9.37 Å². The monoisotopic (exact) mass is 538 g/mol. The number of aromatic nitrogens is 2. The predicted molar refractivity (Wildman–Crippen MR) is 145 cm³/mol. The van der Waals surface area contributed by atoms with Crippen LogP contribution in [-0.4, -0.2) is 39.4 Å². The molecule has 1 aromatic heterocycles. The topological polar surface area (TPSA) is 67.2 Å². The van der Waals surface area contributed by atoms with Gasteiger partial charge in [-0.05, 0) is 60.5 Å². The number of imidazole rings is 1. The lowest BCUT2D eigenvalue weighted by Gasteiger charge is -2.24. The van der Waals surface area contributed by atoms with Crippen molar-refractivity contribution in [3.05, 3.63) is 100 Å². The molecule has 0 radical (unpaired) electrons. The molecule has 1 N–H and O–H groups in total. The summed E-state index contributed by atoms with van der Waals surface area (Å²) in [5.74, 6) is -0.830. The molecular formula is C28H25Cl2FN4O2. The van der Waals surface area contributed by atoms with Gasteiger partial charge in [0.25, 0.3) is 5.91 Å². The molecule has 0 saturated carbocycles. The quantitative estimate of drug-likeness (QED) is 0.270. The lowest BCUT2D eigenvalue weighted by atomic mass is 10.1. The first kappa shape index (κ1) is 26.4. The van der Waals surface area contributed by atoms with E-state index in [0.29, 0.717) is 33.5 Å². The molecule has 0 aliphatic carbocycles. The summed E-state index contributed by atoms with van der Waals surface area (Å²) in [6.45, 7) is 4.05. The number of rotatable bonds is 8. The Labute approximate surface area is 224 Å². The van der Waals surface area contributed by atoms with Crippen LogP contribution >= 0.6 is 23.2 Å². The van der Waals surface area contributed by atoms with E-state index >= 15 is 0 Å². The Morgan fingerprint density at radius 1 is 1.00 bits per heavy atom. The molecule has 1 heterocycles. The highest BCUT2D eigenvalue weighted by molar-refractivity contribution is 6.31. The van der Waals surface area contributed by atoms with Gasteiger partial charge < -0.3 is 4.90 Å². The van der Waals surface area contributed by atoms with E-state index in [9.17, 15) is 14.0 Å². The molecule has 37 heavy (non-hydrogen) atoms. The van der Waals surface area contributed by atoms with Crippen molar-refractivity contribution in [3.8, 4) is 16.9 Å². The third-order valence-corrected chi connectivity index (χ3v) is 5.97. The average molecular weight is 539 g/mol. The van der Waals surface area contributed by atoms with Crippen LogP contribution in [0, 0.1) is 11.7 Å². The first-order chi connectivity index (χ1) is 17.7. The Hall–Kier alpha value is -3.68. The number of carbonyl (C=O) groups excluding carboxylic acids is 2. The summed E-state index contributed by atoms with van der Waals surface area (Å²) in [6.07, 6.45) is 1.79. The van der Waals surface area contributed by atoms with Crippen LogP contribution in [-0.2, 0) is 4.79 Å². The van der Waals surface area contributed by atoms with Crippen LogP contribution in [0.15, 0.2) is 79.0 Å². The molecule has 6 nitrogen and oxygen atoms in total. The highest BCUT2D eigenvalue weighted by Crippen LogP contribution is 2.26. The molecule has 0 atom stereocenters. The van der Waals surface area contributed by atoms with Crippen molar-refractivity contribution in [2.45, 2.75) is 13.8 Å². The zero-order chi connectivity index (χ0) is 26.5. The minimum absolute atomic E-state index is 0.113. The summed E-state index contributed by atoms with van der Waals surface area (Å²) in [5, 5.41) is 3.97. The van der Waals surface area contributed by atoms with Crippen LogP contribution in [0.4, 0.5) is 10.3 Å². The molecule has 0 aliphatic heterocycles. The van der Waals surface area contributed by atoms with Gasteiger partial charge in [-0.15, -0.1) is 0 Å². The van der Waals surface area contributed by atoms with E-state index in [1.54, 1.807) is 41.1 Å². The van der Waals surface area contributed by atoms with Crippen LogP contribution < -0.4 is 5.32 Å². The number of hydrogen-bond donors (Lipinski definition) is 1. The molecule has 2 amide bonds. The molecular weight excluding hydrogens is 514 g/mol. The Kier molecular flexibility index (Phi) is 8.26. The van der Waals surface area contributed by atoms with Crippen molar-refractivity contribution in [2.75, 3.05) is 18.4 Å². The van der Waals surface area contributed by atoms with E-state index in [1.807, 2.05) is 32.0 Å². The van der Waals surface area contributed by atoms with Crippen LogP contribution in [0.5, 0.6) is 0 Å². The molecule has 9 heteroatoms. The number of hydrogen-bond acceptors (Lipinski definition) is 3. The number of halogens is 3. The Balaban J connectivity index is 1.62. The van der Waals surface area contributed by atoms with Gasteiger partial charge in [0.15, 0.2) is 0 Å². The second-order valence-corrected chi connectivity index (χ2v) is 9.81. The molecule has 3 aromatic carbocycles. The van der Waals surface area contributed by atoms with Gasteiger partial charge in [-0.3, -0.25) is 19.5 Å². The van der Waals surface area contributed by atoms with Crippen molar-refractivity contribution in [1.82, 2.24) is 14.5 Å². The largest absolute Gasteiger partial charge is 0.329 e. The zero-order valence-corrected chi connectivity index (χ0v) is 21.8. The minimum atomic E-state index is -0.436. The zero-order valence-electron chi connectivity index (χ0n) is 20.3.